The van der Waals surface area contributed by atoms with Gasteiger partial charge in [0.1, 0.15) is 11.5 Å². The first-order valence-electron chi connectivity index (χ1n) is 5.46. The summed E-state index contributed by atoms with van der Waals surface area (Å²) in [5, 5.41) is 0. The lowest BCUT2D eigenvalue weighted by Gasteiger charge is -2.06. The normalized spacial score (nSPS) is 11.4. The Hall–Kier alpha value is -1.85. The number of hydrogen-bond acceptors (Lipinski definition) is 1. The minimum atomic E-state index is -2.19. The first-order chi connectivity index (χ1) is 8.84. The Balaban J connectivity index is 2.68. The second-order valence-electron chi connectivity index (χ2n) is 4.30. The van der Waals surface area contributed by atoms with Gasteiger partial charge in [0.2, 0.25) is 5.82 Å². The van der Waals surface area contributed by atoms with Gasteiger partial charge in [0.05, 0.1) is 5.56 Å². The first-order valence-corrected chi connectivity index (χ1v) is 5.46. The minimum absolute atomic E-state index is 0.0741. The van der Waals surface area contributed by atoms with Crippen LogP contribution in [0.4, 0.5) is 22.0 Å². The van der Waals surface area contributed by atoms with E-state index in [1.165, 1.54) is 12.1 Å². The van der Waals surface area contributed by atoms with Gasteiger partial charge >= 0.3 is 0 Å². The molecule has 2 aromatic rings. The third-order valence-corrected chi connectivity index (χ3v) is 2.65. The van der Waals surface area contributed by atoms with E-state index in [2.05, 4.69) is 0 Å². The molecule has 0 amide bonds. The van der Waals surface area contributed by atoms with Gasteiger partial charge in [-0.3, -0.25) is 0 Å². The molecule has 0 fully saturated rings. The summed E-state index contributed by atoms with van der Waals surface area (Å²) in [5.41, 5.74) is -1.05. The van der Waals surface area contributed by atoms with E-state index >= 15 is 0 Å². The van der Waals surface area contributed by atoms with Gasteiger partial charge in [-0.05, 0) is 12.1 Å². The second kappa shape index (κ2) is 4.68. The maximum absolute atomic E-state index is 13.5. The van der Waals surface area contributed by atoms with Crippen LogP contribution in [-0.4, -0.2) is 0 Å². The molecule has 1 nitrogen and oxygen atoms in total. The molecule has 102 valence electrons. The third-order valence-electron chi connectivity index (χ3n) is 2.65. The molecule has 0 bridgehead atoms. The zero-order chi connectivity index (χ0) is 14.3. The molecule has 0 unspecified atom stereocenters. The van der Waals surface area contributed by atoms with Crippen molar-refractivity contribution in [3.05, 3.63) is 47.0 Å². The van der Waals surface area contributed by atoms with E-state index in [4.69, 9.17) is 4.42 Å². The van der Waals surface area contributed by atoms with Crippen molar-refractivity contribution in [2.75, 3.05) is 0 Å². The monoisotopic (exact) mass is 276 g/mol. The molecule has 0 atom stereocenters. The molecule has 0 aliphatic carbocycles. The molecule has 0 N–H and O–H groups in total. The first kappa shape index (κ1) is 13.6. The van der Waals surface area contributed by atoms with Gasteiger partial charge in [-0.25, -0.2) is 22.0 Å². The van der Waals surface area contributed by atoms with E-state index in [-0.39, 0.29) is 5.92 Å². The molecular formula is C13H9F5O. The van der Waals surface area contributed by atoms with Gasteiger partial charge in [-0.1, -0.05) is 13.8 Å². The van der Waals surface area contributed by atoms with Gasteiger partial charge < -0.3 is 4.42 Å². The Labute approximate surface area is 105 Å². The van der Waals surface area contributed by atoms with Crippen LogP contribution in [0.15, 0.2) is 16.5 Å². The van der Waals surface area contributed by atoms with Crippen molar-refractivity contribution in [3.63, 3.8) is 0 Å². The summed E-state index contributed by atoms with van der Waals surface area (Å²) >= 11 is 0. The molecule has 0 saturated heterocycles. The number of furan rings is 1. The van der Waals surface area contributed by atoms with Gasteiger partial charge in [0.15, 0.2) is 23.3 Å². The Morgan fingerprint density at radius 1 is 0.789 bits per heavy atom. The fraction of sp³-hybridized carbons (Fsp3) is 0.231. The topological polar surface area (TPSA) is 13.1 Å². The molecule has 0 spiro atoms. The van der Waals surface area contributed by atoms with Crippen LogP contribution in [0.3, 0.4) is 0 Å². The Bertz CT molecular complexity index is 601. The average molecular weight is 276 g/mol. The molecule has 2 rings (SSSR count). The molecule has 1 aromatic heterocycles. The molecule has 0 saturated carbocycles. The van der Waals surface area contributed by atoms with E-state index < -0.39 is 40.4 Å². The van der Waals surface area contributed by atoms with Crippen LogP contribution in [-0.2, 0) is 0 Å². The Kier molecular flexibility index (Phi) is 3.34. The van der Waals surface area contributed by atoms with Crippen molar-refractivity contribution in [3.8, 4) is 11.3 Å². The van der Waals surface area contributed by atoms with Crippen LogP contribution in [0, 0.1) is 29.1 Å². The van der Waals surface area contributed by atoms with Gasteiger partial charge in [0, 0.05) is 5.92 Å². The summed E-state index contributed by atoms with van der Waals surface area (Å²) in [6.07, 6.45) is 0. The molecule has 0 aliphatic heterocycles. The number of halogens is 5. The van der Waals surface area contributed by atoms with Crippen LogP contribution >= 0.6 is 0 Å². The quantitative estimate of drug-likeness (QED) is 0.437. The third kappa shape index (κ3) is 2.11. The zero-order valence-corrected chi connectivity index (χ0v) is 10.0. The number of benzene rings is 1. The largest absolute Gasteiger partial charge is 0.461 e. The standard InChI is InChI=1S/C13H9F5O/c1-5(2)6-3-4-7(19-6)8-9(14)11(16)13(18)12(17)10(8)15/h3-5H,1-2H3. The van der Waals surface area contributed by atoms with Crippen molar-refractivity contribution in [1.82, 2.24) is 0 Å². The Morgan fingerprint density at radius 3 is 1.68 bits per heavy atom. The average Bonchev–Trinajstić information content (AvgIpc) is 2.84. The number of hydrogen-bond donors (Lipinski definition) is 0. The molecule has 1 heterocycles. The molecule has 19 heavy (non-hydrogen) atoms. The van der Waals surface area contributed by atoms with Crippen LogP contribution in [0.25, 0.3) is 11.3 Å². The molecular weight excluding hydrogens is 267 g/mol. The van der Waals surface area contributed by atoms with Gasteiger partial charge in [0.25, 0.3) is 0 Å². The van der Waals surface area contributed by atoms with Gasteiger partial charge in [-0.2, -0.15) is 0 Å². The Morgan fingerprint density at radius 2 is 1.26 bits per heavy atom. The van der Waals surface area contributed by atoms with E-state index in [0.717, 1.165) is 0 Å². The minimum Gasteiger partial charge on any atom is -0.461 e. The lowest BCUT2D eigenvalue weighted by atomic mass is 10.1. The van der Waals surface area contributed by atoms with Crippen molar-refractivity contribution >= 4 is 0 Å². The van der Waals surface area contributed by atoms with E-state index in [1.807, 2.05) is 0 Å². The summed E-state index contributed by atoms with van der Waals surface area (Å²) in [6, 6.07) is 2.60. The fourth-order valence-corrected chi connectivity index (χ4v) is 1.62. The predicted molar refractivity (Wildman–Crippen MR) is 58.0 cm³/mol. The summed E-state index contributed by atoms with van der Waals surface area (Å²) in [7, 11) is 0. The summed E-state index contributed by atoms with van der Waals surface area (Å²) in [6.45, 7) is 3.53. The van der Waals surface area contributed by atoms with Crippen molar-refractivity contribution in [2.45, 2.75) is 19.8 Å². The highest BCUT2D eigenvalue weighted by Gasteiger charge is 2.28. The van der Waals surface area contributed by atoms with E-state index in [0.29, 0.717) is 5.76 Å². The lowest BCUT2D eigenvalue weighted by molar-refractivity contribution is 0.378. The fourth-order valence-electron chi connectivity index (χ4n) is 1.62. The zero-order valence-electron chi connectivity index (χ0n) is 10.0. The van der Waals surface area contributed by atoms with E-state index in [9.17, 15) is 22.0 Å². The predicted octanol–water partition coefficient (Wildman–Crippen LogP) is 4.77. The van der Waals surface area contributed by atoms with Crippen LogP contribution in [0.2, 0.25) is 0 Å². The van der Waals surface area contributed by atoms with Crippen LogP contribution in [0.5, 0.6) is 0 Å². The van der Waals surface area contributed by atoms with Crippen LogP contribution < -0.4 is 0 Å². The number of rotatable bonds is 2. The lowest BCUT2D eigenvalue weighted by Crippen LogP contribution is -2.03. The maximum Gasteiger partial charge on any atom is 0.200 e. The highest BCUT2D eigenvalue weighted by molar-refractivity contribution is 5.60. The highest BCUT2D eigenvalue weighted by atomic mass is 19.2. The van der Waals surface area contributed by atoms with Crippen LogP contribution in [0.1, 0.15) is 25.5 Å². The summed E-state index contributed by atoms with van der Waals surface area (Å²) < 4.78 is 71.1. The maximum atomic E-state index is 13.5. The highest BCUT2D eigenvalue weighted by Crippen LogP contribution is 2.33. The summed E-state index contributed by atoms with van der Waals surface area (Å²) in [4.78, 5) is 0. The van der Waals surface area contributed by atoms with E-state index in [1.54, 1.807) is 13.8 Å². The molecule has 0 aliphatic rings. The molecule has 1 aromatic carbocycles. The van der Waals surface area contributed by atoms with Crippen molar-refractivity contribution < 1.29 is 26.4 Å². The van der Waals surface area contributed by atoms with Crippen molar-refractivity contribution in [2.24, 2.45) is 0 Å². The summed E-state index contributed by atoms with van der Waals surface area (Å²) in [5.74, 6) is -10.0. The SMILES string of the molecule is CC(C)c1ccc(-c2c(F)c(F)c(F)c(F)c2F)o1. The smallest absolute Gasteiger partial charge is 0.200 e. The second-order valence-corrected chi connectivity index (χ2v) is 4.30. The molecule has 0 radical (unpaired) electrons. The van der Waals surface area contributed by atoms with Gasteiger partial charge in [-0.15, -0.1) is 0 Å². The molecule has 6 heteroatoms. The van der Waals surface area contributed by atoms with Crippen molar-refractivity contribution in [1.29, 1.82) is 0 Å².